The van der Waals surface area contributed by atoms with Crippen molar-refractivity contribution in [1.82, 2.24) is 20.5 Å². The molecule has 2 unspecified atom stereocenters. The molecule has 2 atom stereocenters. The van der Waals surface area contributed by atoms with Crippen LogP contribution < -0.4 is 5.32 Å². The summed E-state index contributed by atoms with van der Waals surface area (Å²) in [7, 11) is 0. The smallest absolute Gasteiger partial charge is 0.141 e. The fraction of sp³-hybridized carbons (Fsp3) is 0.833. The topological polar surface area (TPSA) is 62.8 Å². The van der Waals surface area contributed by atoms with Crippen LogP contribution in [0.25, 0.3) is 0 Å². The highest BCUT2D eigenvalue weighted by atomic mass is 16.5. The van der Waals surface area contributed by atoms with Crippen molar-refractivity contribution in [2.45, 2.75) is 64.3 Å². The number of nitrogens with one attached hydrogen (secondary N) is 2. The highest BCUT2D eigenvalue weighted by molar-refractivity contribution is 5.01. The molecule has 17 heavy (non-hydrogen) atoms. The van der Waals surface area contributed by atoms with Gasteiger partial charge in [0.1, 0.15) is 12.2 Å². The number of aromatic amines is 1. The van der Waals surface area contributed by atoms with Gasteiger partial charge in [0.25, 0.3) is 0 Å². The lowest BCUT2D eigenvalue weighted by molar-refractivity contribution is -0.0704. The van der Waals surface area contributed by atoms with Gasteiger partial charge >= 0.3 is 0 Å². The number of hydrogen-bond donors (Lipinski definition) is 2. The monoisotopic (exact) mass is 238 g/mol. The Morgan fingerprint density at radius 2 is 2.18 bits per heavy atom. The summed E-state index contributed by atoms with van der Waals surface area (Å²) in [5.74, 6) is 0.866. The summed E-state index contributed by atoms with van der Waals surface area (Å²) in [6.45, 7) is 10.6. The zero-order valence-corrected chi connectivity index (χ0v) is 11.2. The third-order valence-corrected chi connectivity index (χ3v) is 3.37. The summed E-state index contributed by atoms with van der Waals surface area (Å²) in [6, 6.07) is 0.469. The maximum absolute atomic E-state index is 6.06. The van der Waals surface area contributed by atoms with E-state index in [4.69, 9.17) is 4.74 Å². The second-order valence-electron chi connectivity index (χ2n) is 5.98. The quantitative estimate of drug-likeness (QED) is 0.843. The van der Waals surface area contributed by atoms with Crippen LogP contribution in [0.2, 0.25) is 0 Å². The van der Waals surface area contributed by atoms with Gasteiger partial charge in [-0.25, -0.2) is 4.98 Å². The fourth-order valence-electron chi connectivity index (χ4n) is 2.63. The lowest BCUT2D eigenvalue weighted by atomic mass is 9.94. The first-order valence-corrected chi connectivity index (χ1v) is 6.12. The third kappa shape index (κ3) is 2.66. The average Bonchev–Trinajstić information content (AvgIpc) is 2.72. The van der Waals surface area contributed by atoms with Gasteiger partial charge in [-0.1, -0.05) is 0 Å². The number of H-pyrrole nitrogens is 1. The average molecular weight is 238 g/mol. The number of rotatable bonds is 3. The third-order valence-electron chi connectivity index (χ3n) is 3.37. The largest absolute Gasteiger partial charge is 0.368 e. The van der Waals surface area contributed by atoms with Gasteiger partial charge in [-0.2, -0.15) is 5.10 Å². The van der Waals surface area contributed by atoms with Gasteiger partial charge in [0.15, 0.2) is 0 Å². The molecule has 1 fully saturated rings. The second-order valence-corrected chi connectivity index (χ2v) is 5.98. The first-order chi connectivity index (χ1) is 7.80. The van der Waals surface area contributed by atoms with Crippen molar-refractivity contribution in [1.29, 1.82) is 0 Å². The molecule has 2 rings (SSSR count). The van der Waals surface area contributed by atoms with Crippen LogP contribution in [0.15, 0.2) is 6.33 Å². The highest BCUT2D eigenvalue weighted by Gasteiger charge is 2.46. The summed E-state index contributed by atoms with van der Waals surface area (Å²) < 4.78 is 6.06. The van der Waals surface area contributed by atoms with Gasteiger partial charge in [-0.15, -0.1) is 0 Å². The molecular formula is C12H22N4O. The van der Waals surface area contributed by atoms with E-state index in [1.54, 1.807) is 0 Å². The van der Waals surface area contributed by atoms with Crippen LogP contribution in [0.4, 0.5) is 0 Å². The van der Waals surface area contributed by atoms with Crippen molar-refractivity contribution in [3.8, 4) is 0 Å². The molecule has 0 radical (unpaired) electrons. The van der Waals surface area contributed by atoms with Gasteiger partial charge in [-0.05, 0) is 41.0 Å². The van der Waals surface area contributed by atoms with Crippen LogP contribution in [0.3, 0.4) is 0 Å². The van der Waals surface area contributed by atoms with Gasteiger partial charge in [0, 0.05) is 6.04 Å². The normalized spacial score (nSPS) is 28.2. The minimum atomic E-state index is -0.155. The van der Waals surface area contributed by atoms with Crippen molar-refractivity contribution >= 4 is 0 Å². The Hall–Kier alpha value is -0.940. The van der Waals surface area contributed by atoms with Crippen LogP contribution in [0.1, 0.15) is 52.9 Å². The lowest BCUT2D eigenvalue weighted by Gasteiger charge is -2.29. The Bertz CT molecular complexity index is 372. The molecule has 0 aliphatic carbocycles. The van der Waals surface area contributed by atoms with Crippen molar-refractivity contribution in [2.24, 2.45) is 0 Å². The van der Waals surface area contributed by atoms with Gasteiger partial charge in [-0.3, -0.25) is 5.10 Å². The second kappa shape index (κ2) is 4.07. The van der Waals surface area contributed by atoms with Crippen LogP contribution in [-0.2, 0) is 4.74 Å². The molecule has 0 bridgehead atoms. The van der Waals surface area contributed by atoms with E-state index < -0.39 is 0 Å². The van der Waals surface area contributed by atoms with Crippen LogP contribution in [0, 0.1) is 0 Å². The van der Waals surface area contributed by atoms with E-state index in [1.807, 2.05) is 0 Å². The zero-order valence-electron chi connectivity index (χ0n) is 11.2. The molecule has 0 spiro atoms. The van der Waals surface area contributed by atoms with Gasteiger partial charge in [0.2, 0.25) is 0 Å². The van der Waals surface area contributed by atoms with Crippen LogP contribution in [0.5, 0.6) is 0 Å². The molecule has 0 saturated carbocycles. The van der Waals surface area contributed by atoms with Crippen LogP contribution in [-0.4, -0.2) is 32.4 Å². The predicted octanol–water partition coefficient (Wildman–Crippen LogP) is 1.80. The molecule has 1 aliphatic heterocycles. The summed E-state index contributed by atoms with van der Waals surface area (Å²) in [5.41, 5.74) is -0.222. The molecule has 1 aromatic rings. The van der Waals surface area contributed by atoms with E-state index in [9.17, 15) is 0 Å². The van der Waals surface area contributed by atoms with E-state index in [1.165, 1.54) is 6.33 Å². The van der Waals surface area contributed by atoms with E-state index in [0.717, 1.165) is 12.2 Å². The number of hydrogen-bond acceptors (Lipinski definition) is 4. The Labute approximate surface area is 102 Å². The van der Waals surface area contributed by atoms with Crippen molar-refractivity contribution in [3.63, 3.8) is 0 Å². The van der Waals surface area contributed by atoms with Crippen molar-refractivity contribution in [2.75, 3.05) is 0 Å². The van der Waals surface area contributed by atoms with E-state index in [2.05, 4.69) is 55.1 Å². The Balaban J connectivity index is 2.04. The Kier molecular flexibility index (Phi) is 2.99. The molecule has 1 saturated heterocycles. The molecule has 96 valence electrons. The number of ether oxygens (including phenoxy) is 1. The fourth-order valence-corrected chi connectivity index (χ4v) is 2.63. The van der Waals surface area contributed by atoms with Crippen molar-refractivity contribution in [3.05, 3.63) is 12.2 Å². The summed E-state index contributed by atoms with van der Waals surface area (Å²) >= 11 is 0. The van der Waals surface area contributed by atoms with E-state index in [0.29, 0.717) is 6.04 Å². The molecule has 0 aromatic carbocycles. The molecule has 5 heteroatoms. The molecule has 1 aliphatic rings. The van der Waals surface area contributed by atoms with Crippen LogP contribution >= 0.6 is 0 Å². The molecule has 1 aromatic heterocycles. The summed E-state index contributed by atoms with van der Waals surface area (Å²) in [4.78, 5) is 4.17. The van der Waals surface area contributed by atoms with Crippen molar-refractivity contribution < 1.29 is 4.74 Å². The number of aromatic nitrogens is 3. The molecule has 0 amide bonds. The first-order valence-electron chi connectivity index (χ1n) is 6.12. The van der Waals surface area contributed by atoms with E-state index >= 15 is 0 Å². The minimum Gasteiger partial charge on any atom is -0.368 e. The van der Waals surface area contributed by atoms with E-state index in [-0.39, 0.29) is 17.2 Å². The number of nitrogens with zero attached hydrogens (tertiary/aromatic N) is 2. The summed E-state index contributed by atoms with van der Waals surface area (Å²) in [6.07, 6.45) is 2.53. The Morgan fingerprint density at radius 1 is 1.47 bits per heavy atom. The molecule has 2 N–H and O–H groups in total. The maximum atomic E-state index is 6.06. The SMILES string of the molecule is CC(NC1CC(C)(C)OC1(C)C)c1ncn[nH]1. The first kappa shape index (κ1) is 12.5. The summed E-state index contributed by atoms with van der Waals surface area (Å²) in [5, 5.41) is 10.3. The minimum absolute atomic E-state index is 0.0672. The standard InChI is InChI=1S/C12H22N4O/c1-8(10-13-7-14-16-10)15-9-6-11(2,3)17-12(9,4)5/h7-9,15H,6H2,1-5H3,(H,13,14,16). The predicted molar refractivity (Wildman–Crippen MR) is 65.6 cm³/mol. The molecule has 2 heterocycles. The zero-order chi connectivity index (χ0) is 12.7. The molecule has 5 nitrogen and oxygen atoms in total. The van der Waals surface area contributed by atoms with Gasteiger partial charge < -0.3 is 10.1 Å². The Morgan fingerprint density at radius 3 is 2.65 bits per heavy atom. The highest BCUT2D eigenvalue weighted by Crippen LogP contribution is 2.38. The lowest BCUT2D eigenvalue weighted by Crippen LogP contribution is -2.44. The van der Waals surface area contributed by atoms with Gasteiger partial charge in [0.05, 0.1) is 17.2 Å². The molecular weight excluding hydrogens is 216 g/mol. The maximum Gasteiger partial charge on any atom is 0.141 e.